The fraction of sp³-hybridized carbons (Fsp3) is 0.0435. The molecule has 0 N–H and O–H groups in total. The summed E-state index contributed by atoms with van der Waals surface area (Å²) in [4.78, 5) is 18.0. The minimum atomic E-state index is -0.0808. The molecule has 1 aromatic heterocycles. The van der Waals surface area contributed by atoms with Gasteiger partial charge in [0.25, 0.3) is 5.56 Å². The number of nitrogens with zero attached hydrogens (tertiary/aromatic N) is 2. The van der Waals surface area contributed by atoms with Crippen LogP contribution >= 0.6 is 31.9 Å². The van der Waals surface area contributed by atoms with Crippen LogP contribution in [0.1, 0.15) is 17.0 Å². The average Bonchev–Trinajstić information content (AvgIpc) is 2.70. The van der Waals surface area contributed by atoms with E-state index in [1.54, 1.807) is 4.57 Å². The molecule has 0 atom stereocenters. The molecule has 0 amide bonds. The third-order valence-electron chi connectivity index (χ3n) is 4.50. The molecule has 28 heavy (non-hydrogen) atoms. The van der Waals surface area contributed by atoms with Gasteiger partial charge in [0.2, 0.25) is 0 Å². The Hall–Kier alpha value is -2.50. The quantitative estimate of drug-likeness (QED) is 0.330. The van der Waals surface area contributed by atoms with E-state index in [0.717, 1.165) is 25.8 Å². The summed E-state index contributed by atoms with van der Waals surface area (Å²) in [5.41, 5.74) is 3.49. The molecule has 4 aromatic rings. The van der Waals surface area contributed by atoms with E-state index >= 15 is 0 Å². The van der Waals surface area contributed by atoms with Gasteiger partial charge < -0.3 is 0 Å². The van der Waals surface area contributed by atoms with Gasteiger partial charge >= 0.3 is 0 Å². The first-order valence-electron chi connectivity index (χ1n) is 8.75. The zero-order valence-corrected chi connectivity index (χ0v) is 18.2. The number of hydrogen-bond donors (Lipinski definition) is 0. The largest absolute Gasteiger partial charge is 0.268 e. The maximum absolute atomic E-state index is 13.3. The minimum absolute atomic E-state index is 0.0808. The van der Waals surface area contributed by atoms with E-state index in [-0.39, 0.29) is 5.56 Å². The van der Waals surface area contributed by atoms with E-state index < -0.39 is 0 Å². The van der Waals surface area contributed by atoms with Crippen molar-refractivity contribution in [1.82, 2.24) is 9.55 Å². The van der Waals surface area contributed by atoms with Crippen molar-refractivity contribution in [3.63, 3.8) is 0 Å². The molecule has 4 rings (SSSR count). The van der Waals surface area contributed by atoms with Crippen LogP contribution in [0.4, 0.5) is 0 Å². The van der Waals surface area contributed by atoms with Gasteiger partial charge in [-0.3, -0.25) is 9.36 Å². The number of para-hydroxylation sites is 1. The van der Waals surface area contributed by atoms with Crippen molar-refractivity contribution in [3.05, 3.63) is 103 Å². The Kier molecular flexibility index (Phi) is 5.29. The summed E-state index contributed by atoms with van der Waals surface area (Å²) < 4.78 is 3.69. The summed E-state index contributed by atoms with van der Waals surface area (Å²) in [5, 5.41) is 0.601. The van der Waals surface area contributed by atoms with Gasteiger partial charge in [-0.15, -0.1) is 0 Å². The molecule has 138 valence electrons. The average molecular weight is 496 g/mol. The van der Waals surface area contributed by atoms with Gasteiger partial charge in [-0.2, -0.15) is 0 Å². The molecule has 3 aromatic carbocycles. The highest BCUT2D eigenvalue weighted by atomic mass is 79.9. The fourth-order valence-electron chi connectivity index (χ4n) is 3.02. The van der Waals surface area contributed by atoms with E-state index in [0.29, 0.717) is 16.7 Å². The predicted molar refractivity (Wildman–Crippen MR) is 123 cm³/mol. The lowest BCUT2D eigenvalue weighted by molar-refractivity contribution is 0.941. The molecule has 0 aliphatic carbocycles. The minimum Gasteiger partial charge on any atom is -0.268 e. The summed E-state index contributed by atoms with van der Waals surface area (Å²) >= 11 is 6.97. The van der Waals surface area contributed by atoms with Gasteiger partial charge in [0.05, 0.1) is 16.6 Å². The second-order valence-electron chi connectivity index (χ2n) is 6.45. The molecule has 0 fully saturated rings. The highest BCUT2D eigenvalue weighted by molar-refractivity contribution is 9.10. The van der Waals surface area contributed by atoms with Crippen LogP contribution in [0.25, 0.3) is 28.7 Å². The summed E-state index contributed by atoms with van der Waals surface area (Å²) in [7, 11) is 0. The second-order valence-corrected chi connectivity index (χ2v) is 8.22. The van der Waals surface area contributed by atoms with E-state index in [9.17, 15) is 4.79 Å². The first kappa shape index (κ1) is 18.8. The van der Waals surface area contributed by atoms with Crippen molar-refractivity contribution in [2.45, 2.75) is 6.92 Å². The van der Waals surface area contributed by atoms with Crippen molar-refractivity contribution in [1.29, 1.82) is 0 Å². The lowest BCUT2D eigenvalue weighted by Gasteiger charge is -2.12. The van der Waals surface area contributed by atoms with Crippen LogP contribution in [0, 0.1) is 6.92 Å². The van der Waals surface area contributed by atoms with Gasteiger partial charge in [0.1, 0.15) is 5.82 Å². The van der Waals surface area contributed by atoms with E-state index in [1.165, 1.54) is 0 Å². The first-order chi connectivity index (χ1) is 13.5. The highest BCUT2D eigenvalue weighted by Gasteiger charge is 2.11. The Balaban J connectivity index is 1.94. The van der Waals surface area contributed by atoms with Gasteiger partial charge in [-0.1, -0.05) is 62.2 Å². The molecule has 0 saturated carbocycles. The van der Waals surface area contributed by atoms with Crippen LogP contribution in [0.3, 0.4) is 0 Å². The van der Waals surface area contributed by atoms with Crippen LogP contribution < -0.4 is 5.56 Å². The molecule has 1 heterocycles. The molecule has 0 bridgehead atoms. The second kappa shape index (κ2) is 7.86. The third-order valence-corrected chi connectivity index (χ3v) is 5.91. The fourth-order valence-corrected chi connectivity index (χ4v) is 3.53. The number of halogens is 2. The van der Waals surface area contributed by atoms with E-state index in [2.05, 4.69) is 31.9 Å². The Morgan fingerprint density at radius 2 is 1.68 bits per heavy atom. The van der Waals surface area contributed by atoms with Gasteiger partial charge in [0, 0.05) is 8.95 Å². The Morgan fingerprint density at radius 1 is 0.929 bits per heavy atom. The topological polar surface area (TPSA) is 34.9 Å². The molecule has 0 unspecified atom stereocenters. The Labute approximate surface area is 179 Å². The van der Waals surface area contributed by atoms with Gasteiger partial charge in [-0.05, 0) is 66.6 Å². The maximum atomic E-state index is 13.3. The van der Waals surface area contributed by atoms with Crippen molar-refractivity contribution in [2.75, 3.05) is 0 Å². The van der Waals surface area contributed by atoms with Crippen LogP contribution in [0.5, 0.6) is 0 Å². The smallest absolute Gasteiger partial charge is 0.266 e. The van der Waals surface area contributed by atoms with Crippen LogP contribution in [0.15, 0.2) is 80.5 Å². The number of rotatable bonds is 3. The standard InChI is InChI=1S/C23H16Br2N2O/c1-15-14-18(11-12-20(15)25)27-22(13-8-16-6-9-17(24)10-7-16)26-21-5-3-2-4-19(21)23(27)28/h2-14H,1H3/b13-8+. The molecular formula is C23H16Br2N2O. The van der Waals surface area contributed by atoms with Crippen molar-refractivity contribution in [2.24, 2.45) is 0 Å². The number of fused-ring (bicyclic) bond motifs is 1. The van der Waals surface area contributed by atoms with Crippen molar-refractivity contribution >= 4 is 54.9 Å². The number of benzene rings is 3. The molecular weight excluding hydrogens is 480 g/mol. The van der Waals surface area contributed by atoms with E-state index in [1.807, 2.05) is 85.8 Å². The zero-order chi connectivity index (χ0) is 19.7. The number of aryl methyl sites for hydroxylation is 1. The molecule has 0 spiro atoms. The van der Waals surface area contributed by atoms with Crippen LogP contribution in [-0.4, -0.2) is 9.55 Å². The molecule has 5 heteroatoms. The summed E-state index contributed by atoms with van der Waals surface area (Å²) in [6, 6.07) is 21.3. The molecule has 0 saturated heterocycles. The maximum Gasteiger partial charge on any atom is 0.266 e. The summed E-state index contributed by atoms with van der Waals surface area (Å²) in [5.74, 6) is 0.591. The molecule has 0 aliphatic rings. The van der Waals surface area contributed by atoms with Gasteiger partial charge in [0.15, 0.2) is 0 Å². The summed E-state index contributed by atoms with van der Waals surface area (Å²) in [6.07, 6.45) is 3.85. The summed E-state index contributed by atoms with van der Waals surface area (Å²) in [6.45, 7) is 2.00. The molecule has 0 aliphatic heterocycles. The monoisotopic (exact) mass is 494 g/mol. The third kappa shape index (κ3) is 3.73. The zero-order valence-electron chi connectivity index (χ0n) is 15.1. The SMILES string of the molecule is Cc1cc(-n2c(/C=C/c3ccc(Br)cc3)nc3ccccc3c2=O)ccc1Br. The first-order valence-corrected chi connectivity index (χ1v) is 10.3. The predicted octanol–water partition coefficient (Wildman–Crippen LogP) is 6.39. The van der Waals surface area contributed by atoms with Crippen molar-refractivity contribution < 1.29 is 0 Å². The lowest BCUT2D eigenvalue weighted by atomic mass is 10.2. The number of aromatic nitrogens is 2. The van der Waals surface area contributed by atoms with Crippen LogP contribution in [0.2, 0.25) is 0 Å². The van der Waals surface area contributed by atoms with Crippen molar-refractivity contribution in [3.8, 4) is 5.69 Å². The molecule has 3 nitrogen and oxygen atoms in total. The van der Waals surface area contributed by atoms with Gasteiger partial charge in [-0.25, -0.2) is 4.98 Å². The Bertz CT molecular complexity index is 1260. The number of hydrogen-bond acceptors (Lipinski definition) is 2. The Morgan fingerprint density at radius 3 is 2.43 bits per heavy atom. The highest BCUT2D eigenvalue weighted by Crippen LogP contribution is 2.21. The lowest BCUT2D eigenvalue weighted by Crippen LogP contribution is -2.22. The van der Waals surface area contributed by atoms with Crippen LogP contribution in [-0.2, 0) is 0 Å². The normalized spacial score (nSPS) is 11.4. The van der Waals surface area contributed by atoms with E-state index in [4.69, 9.17) is 4.98 Å². The molecule has 0 radical (unpaired) electrons.